The molecule has 88 valence electrons. The summed E-state index contributed by atoms with van der Waals surface area (Å²) in [5.74, 6) is 0. The highest BCUT2D eigenvalue weighted by atomic mass is 14.8. The zero-order chi connectivity index (χ0) is 12.3. The Balaban J connectivity index is 2.33. The highest BCUT2D eigenvalue weighted by Gasteiger charge is 2.10. The zero-order valence-electron chi connectivity index (χ0n) is 10.4. The first kappa shape index (κ1) is 11.8. The third-order valence-corrected chi connectivity index (χ3v) is 2.97. The standard InChI is InChI=1S/C15H18N2/c1-3-12-5-4-6-13(10-12)15(16)14-9-11(2)7-8-17-14/h4-10,15H,3,16H2,1-2H3. The van der Waals surface area contributed by atoms with Crippen LogP contribution in [0.3, 0.4) is 0 Å². The molecule has 2 N–H and O–H groups in total. The van der Waals surface area contributed by atoms with Crippen LogP contribution in [-0.2, 0) is 6.42 Å². The number of nitrogens with two attached hydrogens (primary N) is 1. The second kappa shape index (κ2) is 5.11. The van der Waals surface area contributed by atoms with Gasteiger partial charge >= 0.3 is 0 Å². The number of hydrogen-bond acceptors (Lipinski definition) is 2. The van der Waals surface area contributed by atoms with Gasteiger partial charge in [-0.05, 0) is 42.2 Å². The Morgan fingerprint density at radius 2 is 2.06 bits per heavy atom. The summed E-state index contributed by atoms with van der Waals surface area (Å²) in [6.07, 6.45) is 2.84. The van der Waals surface area contributed by atoms with Gasteiger partial charge in [0.2, 0.25) is 0 Å². The van der Waals surface area contributed by atoms with Gasteiger partial charge in [-0.3, -0.25) is 4.98 Å². The van der Waals surface area contributed by atoms with E-state index in [1.54, 1.807) is 0 Å². The SMILES string of the molecule is CCc1cccc(C(N)c2cc(C)ccn2)c1. The summed E-state index contributed by atoms with van der Waals surface area (Å²) in [6, 6.07) is 12.3. The highest BCUT2D eigenvalue weighted by molar-refractivity contribution is 5.32. The van der Waals surface area contributed by atoms with Gasteiger partial charge in [-0.15, -0.1) is 0 Å². The van der Waals surface area contributed by atoms with Gasteiger partial charge in [0.1, 0.15) is 0 Å². The molecule has 2 heteroatoms. The lowest BCUT2D eigenvalue weighted by atomic mass is 10.00. The Morgan fingerprint density at radius 1 is 1.24 bits per heavy atom. The van der Waals surface area contributed by atoms with Crippen LogP contribution < -0.4 is 5.73 Å². The Kier molecular flexibility index (Phi) is 3.55. The Labute approximate surface area is 103 Å². The number of hydrogen-bond donors (Lipinski definition) is 1. The van der Waals surface area contributed by atoms with E-state index in [1.165, 1.54) is 11.1 Å². The quantitative estimate of drug-likeness (QED) is 0.873. The Bertz CT molecular complexity index is 506. The average molecular weight is 226 g/mol. The summed E-state index contributed by atoms with van der Waals surface area (Å²) in [6.45, 7) is 4.20. The molecule has 0 saturated heterocycles. The van der Waals surface area contributed by atoms with Crippen molar-refractivity contribution in [3.63, 3.8) is 0 Å². The van der Waals surface area contributed by atoms with E-state index in [9.17, 15) is 0 Å². The topological polar surface area (TPSA) is 38.9 Å². The normalized spacial score (nSPS) is 12.4. The lowest BCUT2D eigenvalue weighted by Crippen LogP contribution is -2.13. The van der Waals surface area contributed by atoms with E-state index in [4.69, 9.17) is 5.73 Å². The summed E-state index contributed by atoms with van der Waals surface area (Å²) in [5.41, 5.74) is 10.8. The largest absolute Gasteiger partial charge is 0.319 e. The lowest BCUT2D eigenvalue weighted by Gasteiger charge is -2.13. The van der Waals surface area contributed by atoms with E-state index >= 15 is 0 Å². The van der Waals surface area contributed by atoms with Crippen molar-refractivity contribution in [1.82, 2.24) is 4.98 Å². The molecule has 2 rings (SSSR count). The maximum absolute atomic E-state index is 6.25. The van der Waals surface area contributed by atoms with Crippen molar-refractivity contribution in [3.8, 4) is 0 Å². The summed E-state index contributed by atoms with van der Waals surface area (Å²) >= 11 is 0. The first-order valence-electron chi connectivity index (χ1n) is 5.97. The molecular formula is C15H18N2. The number of rotatable bonds is 3. The number of pyridine rings is 1. The summed E-state index contributed by atoms with van der Waals surface area (Å²) < 4.78 is 0. The van der Waals surface area contributed by atoms with Gasteiger partial charge in [-0.25, -0.2) is 0 Å². The van der Waals surface area contributed by atoms with Crippen LogP contribution >= 0.6 is 0 Å². The minimum atomic E-state index is -0.138. The molecule has 0 aliphatic rings. The maximum Gasteiger partial charge on any atom is 0.0726 e. The second-order valence-electron chi connectivity index (χ2n) is 4.33. The number of aryl methyl sites for hydroxylation is 2. The third-order valence-electron chi connectivity index (χ3n) is 2.97. The molecule has 0 amide bonds. The van der Waals surface area contributed by atoms with Gasteiger partial charge in [0.15, 0.2) is 0 Å². The predicted octanol–water partition coefficient (Wildman–Crippen LogP) is 3.00. The van der Waals surface area contributed by atoms with Gasteiger partial charge in [0.25, 0.3) is 0 Å². The van der Waals surface area contributed by atoms with Crippen molar-refractivity contribution in [2.24, 2.45) is 5.73 Å². The van der Waals surface area contributed by atoms with Gasteiger partial charge in [0, 0.05) is 6.20 Å². The molecule has 17 heavy (non-hydrogen) atoms. The van der Waals surface area contributed by atoms with Crippen molar-refractivity contribution in [2.45, 2.75) is 26.3 Å². The fourth-order valence-electron chi connectivity index (χ4n) is 1.91. The monoisotopic (exact) mass is 226 g/mol. The first-order chi connectivity index (χ1) is 8.20. The van der Waals surface area contributed by atoms with Crippen LogP contribution in [0.5, 0.6) is 0 Å². The molecule has 0 saturated carbocycles. The Morgan fingerprint density at radius 3 is 2.76 bits per heavy atom. The smallest absolute Gasteiger partial charge is 0.0726 e. The molecule has 0 spiro atoms. The van der Waals surface area contributed by atoms with E-state index < -0.39 is 0 Å². The van der Waals surface area contributed by atoms with Gasteiger partial charge < -0.3 is 5.73 Å². The molecule has 0 fully saturated rings. The molecule has 1 heterocycles. The van der Waals surface area contributed by atoms with Crippen molar-refractivity contribution in [1.29, 1.82) is 0 Å². The van der Waals surface area contributed by atoms with Crippen molar-refractivity contribution in [3.05, 3.63) is 65.0 Å². The van der Waals surface area contributed by atoms with Crippen LogP contribution in [0.25, 0.3) is 0 Å². The number of benzene rings is 1. The molecule has 2 nitrogen and oxygen atoms in total. The van der Waals surface area contributed by atoms with Crippen molar-refractivity contribution < 1.29 is 0 Å². The summed E-state index contributed by atoms with van der Waals surface area (Å²) in [4.78, 5) is 4.35. The van der Waals surface area contributed by atoms with E-state index in [2.05, 4.69) is 43.1 Å². The van der Waals surface area contributed by atoms with Crippen LogP contribution in [0.4, 0.5) is 0 Å². The number of aromatic nitrogens is 1. The van der Waals surface area contributed by atoms with Crippen LogP contribution in [0.2, 0.25) is 0 Å². The van der Waals surface area contributed by atoms with E-state index in [-0.39, 0.29) is 6.04 Å². The van der Waals surface area contributed by atoms with Crippen molar-refractivity contribution >= 4 is 0 Å². The molecule has 2 aromatic rings. The summed E-state index contributed by atoms with van der Waals surface area (Å²) in [7, 11) is 0. The first-order valence-corrected chi connectivity index (χ1v) is 5.97. The average Bonchev–Trinajstić information content (AvgIpc) is 2.38. The molecule has 0 bridgehead atoms. The fourth-order valence-corrected chi connectivity index (χ4v) is 1.91. The minimum Gasteiger partial charge on any atom is -0.319 e. The molecular weight excluding hydrogens is 208 g/mol. The molecule has 0 aliphatic heterocycles. The fraction of sp³-hybridized carbons (Fsp3) is 0.267. The molecule has 1 unspecified atom stereocenters. The van der Waals surface area contributed by atoms with Crippen LogP contribution in [0, 0.1) is 6.92 Å². The van der Waals surface area contributed by atoms with E-state index in [0.717, 1.165) is 17.7 Å². The minimum absolute atomic E-state index is 0.138. The lowest BCUT2D eigenvalue weighted by molar-refractivity contribution is 0.824. The maximum atomic E-state index is 6.25. The van der Waals surface area contributed by atoms with Crippen LogP contribution in [0.1, 0.15) is 35.3 Å². The molecule has 1 aromatic heterocycles. The Hall–Kier alpha value is -1.67. The van der Waals surface area contributed by atoms with Crippen LogP contribution in [0.15, 0.2) is 42.6 Å². The van der Waals surface area contributed by atoms with Crippen molar-refractivity contribution in [2.75, 3.05) is 0 Å². The van der Waals surface area contributed by atoms with E-state index in [1.807, 2.05) is 18.3 Å². The summed E-state index contributed by atoms with van der Waals surface area (Å²) in [5, 5.41) is 0. The zero-order valence-corrected chi connectivity index (χ0v) is 10.4. The van der Waals surface area contributed by atoms with Gasteiger partial charge in [0.05, 0.1) is 11.7 Å². The van der Waals surface area contributed by atoms with E-state index in [0.29, 0.717) is 0 Å². The molecule has 0 radical (unpaired) electrons. The van der Waals surface area contributed by atoms with Gasteiger partial charge in [-0.2, -0.15) is 0 Å². The molecule has 1 aromatic carbocycles. The second-order valence-corrected chi connectivity index (χ2v) is 4.33. The number of nitrogens with zero attached hydrogens (tertiary/aromatic N) is 1. The molecule has 1 atom stereocenters. The highest BCUT2D eigenvalue weighted by Crippen LogP contribution is 2.19. The van der Waals surface area contributed by atoms with Gasteiger partial charge in [-0.1, -0.05) is 31.2 Å². The molecule has 0 aliphatic carbocycles. The third kappa shape index (κ3) is 2.71. The predicted molar refractivity (Wildman–Crippen MR) is 70.8 cm³/mol. The van der Waals surface area contributed by atoms with Crippen LogP contribution in [-0.4, -0.2) is 4.98 Å².